The van der Waals surface area contributed by atoms with Gasteiger partial charge in [-0.15, -0.1) is 0 Å². The van der Waals surface area contributed by atoms with Crippen LogP contribution < -0.4 is 5.32 Å². The first kappa shape index (κ1) is 9.98. The highest BCUT2D eigenvalue weighted by Crippen LogP contribution is 2.52. The number of nitrogens with zero attached hydrogens (tertiary/aromatic N) is 1. The van der Waals surface area contributed by atoms with Crippen molar-refractivity contribution in [1.82, 2.24) is 5.32 Å². The van der Waals surface area contributed by atoms with Gasteiger partial charge in [0.1, 0.15) is 0 Å². The van der Waals surface area contributed by atoms with E-state index in [2.05, 4.69) is 25.2 Å². The summed E-state index contributed by atoms with van der Waals surface area (Å²) in [5, 5.41) is 12.2. The zero-order valence-corrected chi connectivity index (χ0v) is 9.27. The minimum absolute atomic E-state index is 0.369. The zero-order valence-electron chi connectivity index (χ0n) is 9.27. The SMILES string of the molecule is CC1(C)CC1CNCC1(CC#N)CC1. The van der Waals surface area contributed by atoms with Crippen molar-refractivity contribution in [3.05, 3.63) is 0 Å². The van der Waals surface area contributed by atoms with E-state index in [1.807, 2.05) is 0 Å². The molecule has 2 heteroatoms. The summed E-state index contributed by atoms with van der Waals surface area (Å²) in [7, 11) is 0. The number of rotatable bonds is 5. The van der Waals surface area contributed by atoms with Gasteiger partial charge in [-0.3, -0.25) is 0 Å². The van der Waals surface area contributed by atoms with Crippen molar-refractivity contribution < 1.29 is 0 Å². The van der Waals surface area contributed by atoms with Crippen LogP contribution in [0.4, 0.5) is 0 Å². The molecule has 0 aromatic heterocycles. The molecule has 2 rings (SSSR count). The van der Waals surface area contributed by atoms with Gasteiger partial charge < -0.3 is 5.32 Å². The van der Waals surface area contributed by atoms with Crippen LogP contribution in [0, 0.1) is 28.1 Å². The van der Waals surface area contributed by atoms with Crippen LogP contribution in [0.3, 0.4) is 0 Å². The van der Waals surface area contributed by atoms with Crippen LogP contribution in [0.1, 0.15) is 39.5 Å². The highest BCUT2D eigenvalue weighted by molar-refractivity contribution is 5.02. The average Bonchev–Trinajstić information content (AvgIpc) is 2.95. The van der Waals surface area contributed by atoms with Crippen LogP contribution in [0.5, 0.6) is 0 Å². The van der Waals surface area contributed by atoms with Gasteiger partial charge in [-0.1, -0.05) is 13.8 Å². The van der Waals surface area contributed by atoms with Crippen molar-refractivity contribution in [3.8, 4) is 6.07 Å². The minimum atomic E-state index is 0.369. The highest BCUT2D eigenvalue weighted by Gasteiger charge is 2.46. The Morgan fingerprint density at radius 3 is 2.50 bits per heavy atom. The second-order valence-electron chi connectivity index (χ2n) is 5.86. The molecule has 0 aromatic rings. The molecule has 1 N–H and O–H groups in total. The van der Waals surface area contributed by atoms with Crippen LogP contribution in [0.2, 0.25) is 0 Å². The van der Waals surface area contributed by atoms with Gasteiger partial charge in [0.2, 0.25) is 0 Å². The molecule has 0 spiro atoms. The molecule has 78 valence electrons. The largest absolute Gasteiger partial charge is 0.316 e. The first-order valence-electron chi connectivity index (χ1n) is 5.66. The number of hydrogen-bond acceptors (Lipinski definition) is 2. The first-order valence-corrected chi connectivity index (χ1v) is 5.66. The molecule has 2 aliphatic carbocycles. The molecule has 1 unspecified atom stereocenters. The molecule has 2 fully saturated rings. The van der Waals surface area contributed by atoms with E-state index in [0.717, 1.165) is 25.4 Å². The van der Waals surface area contributed by atoms with E-state index in [-0.39, 0.29) is 0 Å². The summed E-state index contributed by atoms with van der Waals surface area (Å²) in [6, 6.07) is 2.30. The molecule has 1 atom stereocenters. The zero-order chi connectivity index (χ0) is 10.2. The normalized spacial score (nSPS) is 30.8. The van der Waals surface area contributed by atoms with E-state index >= 15 is 0 Å². The fourth-order valence-electron chi connectivity index (χ4n) is 2.20. The standard InChI is InChI=1S/C12H20N2/c1-11(2)7-10(11)8-14-9-12(3-4-12)5-6-13/h10,14H,3-5,7-9H2,1-2H3. The molecular weight excluding hydrogens is 172 g/mol. The molecule has 0 bridgehead atoms. The smallest absolute Gasteiger partial charge is 0.0628 e. The lowest BCUT2D eigenvalue weighted by molar-refractivity contribution is 0.440. The van der Waals surface area contributed by atoms with Crippen LogP contribution in [0.25, 0.3) is 0 Å². The lowest BCUT2D eigenvalue weighted by Crippen LogP contribution is -2.26. The van der Waals surface area contributed by atoms with Crippen molar-refractivity contribution in [2.45, 2.75) is 39.5 Å². The molecule has 14 heavy (non-hydrogen) atoms. The Balaban J connectivity index is 1.62. The van der Waals surface area contributed by atoms with Gasteiger partial charge in [0.25, 0.3) is 0 Å². The molecule has 0 saturated heterocycles. The van der Waals surface area contributed by atoms with Crippen molar-refractivity contribution >= 4 is 0 Å². The lowest BCUT2D eigenvalue weighted by Gasteiger charge is -2.12. The molecule has 0 aromatic carbocycles. The quantitative estimate of drug-likeness (QED) is 0.725. The van der Waals surface area contributed by atoms with Gasteiger partial charge in [0.05, 0.1) is 6.07 Å². The Kier molecular flexibility index (Phi) is 2.31. The summed E-state index contributed by atoms with van der Waals surface area (Å²) >= 11 is 0. The van der Waals surface area contributed by atoms with E-state index < -0.39 is 0 Å². The average molecular weight is 192 g/mol. The summed E-state index contributed by atoms with van der Waals surface area (Å²) < 4.78 is 0. The Morgan fingerprint density at radius 2 is 2.07 bits per heavy atom. The van der Waals surface area contributed by atoms with E-state index in [9.17, 15) is 0 Å². The maximum atomic E-state index is 8.67. The van der Waals surface area contributed by atoms with Crippen LogP contribution in [-0.4, -0.2) is 13.1 Å². The van der Waals surface area contributed by atoms with Gasteiger partial charge >= 0.3 is 0 Å². The summed E-state index contributed by atoms with van der Waals surface area (Å²) in [5.74, 6) is 0.875. The van der Waals surface area contributed by atoms with Crippen molar-refractivity contribution in [3.63, 3.8) is 0 Å². The first-order chi connectivity index (χ1) is 6.58. The van der Waals surface area contributed by atoms with Gasteiger partial charge in [0, 0.05) is 13.0 Å². The molecule has 0 amide bonds. The Morgan fingerprint density at radius 1 is 1.43 bits per heavy atom. The Labute approximate surface area is 86.7 Å². The molecule has 2 aliphatic rings. The van der Waals surface area contributed by atoms with Crippen LogP contribution >= 0.6 is 0 Å². The van der Waals surface area contributed by atoms with Crippen LogP contribution in [0.15, 0.2) is 0 Å². The van der Waals surface area contributed by atoms with Gasteiger partial charge in [-0.2, -0.15) is 5.26 Å². The Bertz CT molecular complexity index is 258. The fraction of sp³-hybridized carbons (Fsp3) is 0.917. The highest BCUT2D eigenvalue weighted by atomic mass is 14.9. The second kappa shape index (κ2) is 3.24. The summed E-state index contributed by atoms with van der Waals surface area (Å²) in [5.41, 5.74) is 0.951. The monoisotopic (exact) mass is 192 g/mol. The predicted molar refractivity (Wildman–Crippen MR) is 56.7 cm³/mol. The number of nitriles is 1. The maximum absolute atomic E-state index is 8.67. The molecule has 0 heterocycles. The van der Waals surface area contributed by atoms with E-state index in [1.54, 1.807) is 0 Å². The molecule has 2 nitrogen and oxygen atoms in total. The number of hydrogen-bond donors (Lipinski definition) is 1. The summed E-state index contributed by atoms with van der Waals surface area (Å²) in [6.45, 7) is 6.89. The van der Waals surface area contributed by atoms with Crippen molar-refractivity contribution in [2.75, 3.05) is 13.1 Å². The summed E-state index contributed by atoms with van der Waals surface area (Å²) in [4.78, 5) is 0. The van der Waals surface area contributed by atoms with Crippen LogP contribution in [-0.2, 0) is 0 Å². The van der Waals surface area contributed by atoms with E-state index in [1.165, 1.54) is 19.3 Å². The minimum Gasteiger partial charge on any atom is -0.316 e. The molecular formula is C12H20N2. The predicted octanol–water partition coefficient (Wildman–Crippen LogP) is 2.32. The summed E-state index contributed by atoms with van der Waals surface area (Å²) in [6.07, 6.45) is 4.61. The van der Waals surface area contributed by atoms with Crippen molar-refractivity contribution in [1.29, 1.82) is 5.26 Å². The van der Waals surface area contributed by atoms with Crippen molar-refractivity contribution in [2.24, 2.45) is 16.7 Å². The lowest BCUT2D eigenvalue weighted by atomic mass is 10.0. The molecule has 0 aliphatic heterocycles. The van der Waals surface area contributed by atoms with Gasteiger partial charge in [0.15, 0.2) is 0 Å². The second-order valence-corrected chi connectivity index (χ2v) is 5.86. The van der Waals surface area contributed by atoms with E-state index in [4.69, 9.17) is 5.26 Å². The maximum Gasteiger partial charge on any atom is 0.0628 e. The van der Waals surface area contributed by atoms with Gasteiger partial charge in [-0.25, -0.2) is 0 Å². The number of nitrogens with one attached hydrogen (secondary N) is 1. The topological polar surface area (TPSA) is 35.8 Å². The van der Waals surface area contributed by atoms with E-state index in [0.29, 0.717) is 10.8 Å². The molecule has 2 saturated carbocycles. The molecule has 0 radical (unpaired) electrons. The van der Waals surface area contributed by atoms with Gasteiger partial charge in [-0.05, 0) is 42.6 Å². The third kappa shape index (κ3) is 2.09. The third-order valence-corrected chi connectivity index (χ3v) is 4.02. The Hall–Kier alpha value is -0.550. The third-order valence-electron chi connectivity index (χ3n) is 4.02. The fourth-order valence-corrected chi connectivity index (χ4v) is 2.20.